The number of hydrogen-bond acceptors (Lipinski definition) is 3. The summed E-state index contributed by atoms with van der Waals surface area (Å²) < 4.78 is 1.49. The Kier molecular flexibility index (Phi) is 2.73. The first kappa shape index (κ1) is 12.1. The van der Waals surface area contributed by atoms with Gasteiger partial charge in [-0.3, -0.25) is 0 Å². The minimum atomic E-state index is -0.274. The second-order valence-corrected chi connectivity index (χ2v) is 5.26. The Morgan fingerprint density at radius 1 is 1.37 bits per heavy atom. The van der Waals surface area contributed by atoms with Gasteiger partial charge in [0.15, 0.2) is 0 Å². The zero-order chi connectivity index (χ0) is 13.6. The Morgan fingerprint density at radius 2 is 2.16 bits per heavy atom. The Morgan fingerprint density at radius 3 is 2.89 bits per heavy atom. The maximum absolute atomic E-state index is 12.1. The van der Waals surface area contributed by atoms with Crippen LogP contribution >= 0.6 is 0 Å². The van der Waals surface area contributed by atoms with Crippen LogP contribution in [-0.4, -0.2) is 15.4 Å². The predicted octanol–water partition coefficient (Wildman–Crippen LogP) is 2.83. The first-order chi connectivity index (χ1) is 9.10. The molecule has 2 heterocycles. The van der Waals surface area contributed by atoms with E-state index in [2.05, 4.69) is 30.0 Å². The highest BCUT2D eigenvalue weighted by atomic mass is 16.1. The Bertz CT molecular complexity index is 743. The highest BCUT2D eigenvalue weighted by molar-refractivity contribution is 5.87. The molecule has 4 heteroatoms. The van der Waals surface area contributed by atoms with Crippen molar-refractivity contribution in [1.29, 1.82) is 0 Å². The minimum absolute atomic E-state index is 0.274. The number of benzene rings is 1. The molecule has 1 aromatic carbocycles. The van der Waals surface area contributed by atoms with Gasteiger partial charge in [-0.25, -0.2) is 4.79 Å². The Labute approximate surface area is 111 Å². The zero-order valence-electron chi connectivity index (χ0n) is 11.5. The summed E-state index contributed by atoms with van der Waals surface area (Å²) in [5.74, 6) is 0.345. The van der Waals surface area contributed by atoms with E-state index in [1.54, 1.807) is 0 Å². The molecule has 0 saturated heterocycles. The molecular formula is C15H17N3O. The van der Waals surface area contributed by atoms with Crippen LogP contribution in [0.25, 0.3) is 10.9 Å². The van der Waals surface area contributed by atoms with Crippen molar-refractivity contribution < 1.29 is 0 Å². The topological polar surface area (TPSA) is 47.2 Å². The van der Waals surface area contributed by atoms with E-state index < -0.39 is 0 Å². The molecule has 1 aliphatic heterocycles. The van der Waals surface area contributed by atoms with Crippen molar-refractivity contribution in [3.63, 3.8) is 0 Å². The lowest BCUT2D eigenvalue weighted by molar-refractivity contribution is 0.581. The van der Waals surface area contributed by atoms with E-state index in [0.717, 1.165) is 35.2 Å². The number of hydrogen-bond donors (Lipinski definition) is 0. The second-order valence-electron chi connectivity index (χ2n) is 5.26. The summed E-state index contributed by atoms with van der Waals surface area (Å²) in [6.45, 7) is 6.18. The van der Waals surface area contributed by atoms with Gasteiger partial charge in [0.05, 0.1) is 11.2 Å². The van der Waals surface area contributed by atoms with Crippen LogP contribution in [0.1, 0.15) is 43.9 Å². The van der Waals surface area contributed by atoms with Crippen LogP contribution in [-0.2, 0) is 0 Å². The largest absolute Gasteiger partial charge is 0.369 e. The van der Waals surface area contributed by atoms with Gasteiger partial charge < -0.3 is 0 Å². The molecule has 19 heavy (non-hydrogen) atoms. The minimum Gasteiger partial charge on any atom is -0.244 e. The van der Waals surface area contributed by atoms with Crippen molar-refractivity contribution in [2.75, 3.05) is 0 Å². The molecule has 98 valence electrons. The van der Waals surface area contributed by atoms with Crippen LogP contribution in [0, 0.1) is 6.92 Å². The van der Waals surface area contributed by atoms with Crippen molar-refractivity contribution in [1.82, 2.24) is 9.66 Å². The average Bonchev–Trinajstić information content (AvgIpc) is 2.39. The summed E-state index contributed by atoms with van der Waals surface area (Å²) in [6, 6.07) is 6.02. The SMILES string of the molecule is CCC1CC(C)=Nn2c1c1cc(C)ccc1nc2=O. The molecule has 0 saturated carbocycles. The van der Waals surface area contributed by atoms with E-state index >= 15 is 0 Å². The van der Waals surface area contributed by atoms with Crippen molar-refractivity contribution in [3.05, 3.63) is 39.9 Å². The summed E-state index contributed by atoms with van der Waals surface area (Å²) in [7, 11) is 0. The maximum atomic E-state index is 12.1. The molecule has 0 radical (unpaired) electrons. The van der Waals surface area contributed by atoms with Crippen LogP contribution in [0.5, 0.6) is 0 Å². The van der Waals surface area contributed by atoms with Crippen molar-refractivity contribution >= 4 is 16.6 Å². The Hall–Kier alpha value is -1.97. The molecule has 1 atom stereocenters. The number of rotatable bonds is 1. The van der Waals surface area contributed by atoms with Crippen LogP contribution < -0.4 is 5.69 Å². The lowest BCUT2D eigenvalue weighted by Gasteiger charge is -2.24. The third kappa shape index (κ3) is 1.87. The smallest absolute Gasteiger partial charge is 0.244 e. The molecule has 0 amide bonds. The molecule has 0 spiro atoms. The molecule has 0 N–H and O–H groups in total. The monoisotopic (exact) mass is 255 g/mol. The molecule has 0 fully saturated rings. The van der Waals surface area contributed by atoms with Gasteiger partial charge in [-0.2, -0.15) is 14.8 Å². The molecular weight excluding hydrogens is 238 g/mol. The van der Waals surface area contributed by atoms with Gasteiger partial charge in [0.25, 0.3) is 0 Å². The van der Waals surface area contributed by atoms with E-state index in [-0.39, 0.29) is 5.69 Å². The van der Waals surface area contributed by atoms with Crippen molar-refractivity contribution in [2.24, 2.45) is 5.10 Å². The molecule has 2 aromatic rings. The van der Waals surface area contributed by atoms with Crippen LogP contribution in [0.3, 0.4) is 0 Å². The van der Waals surface area contributed by atoms with Gasteiger partial charge in [0.2, 0.25) is 0 Å². The number of nitrogens with zero attached hydrogens (tertiary/aromatic N) is 3. The fourth-order valence-corrected chi connectivity index (χ4v) is 2.81. The Balaban J connectivity index is 2.45. The zero-order valence-corrected chi connectivity index (χ0v) is 11.5. The van der Waals surface area contributed by atoms with E-state index in [1.165, 1.54) is 10.2 Å². The van der Waals surface area contributed by atoms with E-state index in [1.807, 2.05) is 19.1 Å². The summed E-state index contributed by atoms with van der Waals surface area (Å²) in [5, 5.41) is 5.44. The molecule has 0 aliphatic carbocycles. The van der Waals surface area contributed by atoms with E-state index in [4.69, 9.17) is 0 Å². The second kappa shape index (κ2) is 4.30. The van der Waals surface area contributed by atoms with Gasteiger partial charge >= 0.3 is 5.69 Å². The van der Waals surface area contributed by atoms with Gasteiger partial charge in [-0.15, -0.1) is 0 Å². The van der Waals surface area contributed by atoms with E-state index in [9.17, 15) is 4.79 Å². The summed E-state index contributed by atoms with van der Waals surface area (Å²) in [5.41, 5.74) is 3.69. The third-order valence-electron chi connectivity index (χ3n) is 3.75. The van der Waals surface area contributed by atoms with E-state index in [0.29, 0.717) is 5.92 Å². The molecule has 1 aromatic heterocycles. The van der Waals surface area contributed by atoms with Crippen LogP contribution in [0.4, 0.5) is 0 Å². The highest BCUT2D eigenvalue weighted by Crippen LogP contribution is 2.31. The fourth-order valence-electron chi connectivity index (χ4n) is 2.81. The number of fused-ring (bicyclic) bond motifs is 3. The van der Waals surface area contributed by atoms with Crippen LogP contribution in [0.15, 0.2) is 28.1 Å². The first-order valence-electron chi connectivity index (χ1n) is 6.68. The molecule has 1 aliphatic rings. The standard InChI is InChI=1S/C15H17N3O/c1-4-11-8-10(3)17-18-14(11)12-7-9(2)5-6-13(12)16-15(18)19/h5-7,11H,4,8H2,1-3H3. The van der Waals surface area contributed by atoms with Gasteiger partial charge in [0, 0.05) is 17.0 Å². The summed E-state index contributed by atoms with van der Waals surface area (Å²) in [4.78, 5) is 16.2. The third-order valence-corrected chi connectivity index (χ3v) is 3.75. The number of aromatic nitrogens is 2. The molecule has 0 bridgehead atoms. The molecule has 4 nitrogen and oxygen atoms in total. The summed E-state index contributed by atoms with van der Waals surface area (Å²) >= 11 is 0. The van der Waals surface area contributed by atoms with Crippen LogP contribution in [0.2, 0.25) is 0 Å². The fraction of sp³-hybridized carbons (Fsp3) is 0.400. The first-order valence-corrected chi connectivity index (χ1v) is 6.68. The summed E-state index contributed by atoms with van der Waals surface area (Å²) in [6.07, 6.45) is 1.92. The van der Waals surface area contributed by atoms with Gasteiger partial charge in [-0.05, 0) is 38.8 Å². The molecule has 3 rings (SSSR count). The van der Waals surface area contributed by atoms with Gasteiger partial charge in [-0.1, -0.05) is 18.6 Å². The number of aryl methyl sites for hydroxylation is 1. The normalized spacial score (nSPS) is 18.3. The highest BCUT2D eigenvalue weighted by Gasteiger charge is 2.24. The molecule has 1 unspecified atom stereocenters. The predicted molar refractivity (Wildman–Crippen MR) is 76.9 cm³/mol. The quantitative estimate of drug-likeness (QED) is 0.786. The lowest BCUT2D eigenvalue weighted by atomic mass is 9.91. The lowest BCUT2D eigenvalue weighted by Crippen LogP contribution is -2.29. The van der Waals surface area contributed by atoms with Crippen molar-refractivity contribution in [3.8, 4) is 0 Å². The van der Waals surface area contributed by atoms with Crippen molar-refractivity contribution in [2.45, 2.75) is 39.5 Å². The maximum Gasteiger partial charge on any atom is 0.369 e. The van der Waals surface area contributed by atoms with Gasteiger partial charge in [0.1, 0.15) is 0 Å². The average molecular weight is 255 g/mol.